The van der Waals surface area contributed by atoms with Gasteiger partial charge in [0.25, 0.3) is 0 Å². The Kier molecular flexibility index (Phi) is 4.13. The number of aromatic nitrogens is 1. The summed E-state index contributed by atoms with van der Waals surface area (Å²) >= 11 is 4.88. The summed E-state index contributed by atoms with van der Waals surface area (Å²) < 4.78 is 0. The molecule has 1 aromatic heterocycles. The van der Waals surface area contributed by atoms with Crippen LogP contribution in [-0.4, -0.2) is 10.1 Å². The van der Waals surface area contributed by atoms with E-state index in [1.807, 2.05) is 42.5 Å². The van der Waals surface area contributed by atoms with Crippen molar-refractivity contribution in [2.75, 3.05) is 5.32 Å². The first kappa shape index (κ1) is 13.9. The molecule has 0 unspecified atom stereocenters. The van der Waals surface area contributed by atoms with E-state index in [1.54, 1.807) is 0 Å². The number of rotatable bonds is 1. The molecule has 3 rings (SSSR count). The van der Waals surface area contributed by atoms with Gasteiger partial charge in [0, 0.05) is 37.5 Å². The third kappa shape index (κ3) is 2.75. The summed E-state index contributed by atoms with van der Waals surface area (Å²) in [6.45, 7) is 0. The van der Waals surface area contributed by atoms with Crippen molar-refractivity contribution in [3.8, 4) is 0 Å². The molecule has 19 heavy (non-hydrogen) atoms. The molecule has 3 N–H and O–H groups in total. The van der Waals surface area contributed by atoms with Crippen LogP contribution in [-0.2, 0) is 21.1 Å². The SMILES string of the molecule is NC(=S)Nc1cccc2nc3ccccc3cc12.[Pt]. The van der Waals surface area contributed by atoms with Crippen molar-refractivity contribution in [1.82, 2.24) is 4.98 Å². The number of hydrogen-bond donors (Lipinski definition) is 2. The first-order chi connectivity index (χ1) is 8.74. The van der Waals surface area contributed by atoms with Crippen LogP contribution in [0.4, 0.5) is 5.69 Å². The third-order valence-corrected chi connectivity index (χ3v) is 2.92. The summed E-state index contributed by atoms with van der Waals surface area (Å²) in [4.78, 5) is 4.62. The molecule has 0 saturated heterocycles. The molecule has 3 nitrogen and oxygen atoms in total. The molecule has 0 amide bonds. The molecule has 0 bridgehead atoms. The van der Waals surface area contributed by atoms with Gasteiger partial charge < -0.3 is 11.1 Å². The first-order valence-electron chi connectivity index (χ1n) is 5.59. The molecular weight excluding hydrogens is 437 g/mol. The number of nitrogens with one attached hydrogen (secondary N) is 1. The summed E-state index contributed by atoms with van der Waals surface area (Å²) in [7, 11) is 0. The zero-order valence-electron chi connectivity index (χ0n) is 9.87. The first-order valence-corrected chi connectivity index (χ1v) is 6.00. The van der Waals surface area contributed by atoms with Gasteiger partial charge in [-0.05, 0) is 36.5 Å². The summed E-state index contributed by atoms with van der Waals surface area (Å²) in [5, 5.41) is 5.36. The van der Waals surface area contributed by atoms with Gasteiger partial charge in [-0.25, -0.2) is 4.98 Å². The number of fused-ring (bicyclic) bond motifs is 2. The molecule has 1 heterocycles. The standard InChI is InChI=1S/C14H11N3S.Pt/c15-14(18)17-13-7-3-6-12-10(13)8-9-4-1-2-5-11(9)16-12;/h1-8H,(H3,15,17,18);. The van der Waals surface area contributed by atoms with Crippen molar-refractivity contribution in [2.45, 2.75) is 0 Å². The number of pyridine rings is 1. The number of anilines is 1. The largest absolute Gasteiger partial charge is 0.376 e. The second-order valence-corrected chi connectivity index (χ2v) is 4.48. The second kappa shape index (κ2) is 5.64. The van der Waals surface area contributed by atoms with Crippen molar-refractivity contribution >= 4 is 44.8 Å². The van der Waals surface area contributed by atoms with E-state index in [0.717, 1.165) is 27.5 Å². The maximum atomic E-state index is 5.53. The zero-order valence-corrected chi connectivity index (χ0v) is 13.0. The van der Waals surface area contributed by atoms with Crippen molar-refractivity contribution in [1.29, 1.82) is 0 Å². The Morgan fingerprint density at radius 2 is 1.79 bits per heavy atom. The van der Waals surface area contributed by atoms with E-state index in [2.05, 4.69) is 16.4 Å². The summed E-state index contributed by atoms with van der Waals surface area (Å²) in [5.41, 5.74) is 8.32. The van der Waals surface area contributed by atoms with Gasteiger partial charge in [0.2, 0.25) is 0 Å². The Balaban J connectivity index is 0.00000133. The molecule has 0 fully saturated rings. The monoisotopic (exact) mass is 448 g/mol. The van der Waals surface area contributed by atoms with E-state index in [-0.39, 0.29) is 26.2 Å². The van der Waals surface area contributed by atoms with Crippen molar-refractivity contribution in [3.63, 3.8) is 0 Å². The maximum Gasteiger partial charge on any atom is 0.168 e. The number of thiocarbonyl (C=S) groups is 1. The van der Waals surface area contributed by atoms with E-state index < -0.39 is 0 Å². The van der Waals surface area contributed by atoms with Crippen molar-refractivity contribution < 1.29 is 21.1 Å². The fourth-order valence-corrected chi connectivity index (χ4v) is 2.15. The molecule has 2 aromatic carbocycles. The van der Waals surface area contributed by atoms with Crippen LogP contribution in [0.5, 0.6) is 0 Å². The Hall–Kier alpha value is -1.51. The average Bonchev–Trinajstić information content (AvgIpc) is 2.36. The predicted molar refractivity (Wildman–Crippen MR) is 79.7 cm³/mol. The molecule has 0 atom stereocenters. The number of nitrogens with two attached hydrogens (primary N) is 1. The van der Waals surface area contributed by atoms with E-state index in [0.29, 0.717) is 0 Å². The summed E-state index contributed by atoms with van der Waals surface area (Å²) in [5.74, 6) is 0. The Morgan fingerprint density at radius 1 is 1.05 bits per heavy atom. The average molecular weight is 448 g/mol. The molecular formula is C14H11N3PtS. The minimum Gasteiger partial charge on any atom is -0.376 e. The van der Waals surface area contributed by atoms with Gasteiger partial charge in [-0.3, -0.25) is 0 Å². The van der Waals surface area contributed by atoms with Crippen LogP contribution in [0, 0.1) is 0 Å². The van der Waals surface area contributed by atoms with Crippen LogP contribution in [0.15, 0.2) is 48.5 Å². The van der Waals surface area contributed by atoms with E-state index in [4.69, 9.17) is 18.0 Å². The Bertz CT molecular complexity index is 758. The van der Waals surface area contributed by atoms with E-state index in [9.17, 15) is 0 Å². The third-order valence-electron chi connectivity index (χ3n) is 2.82. The molecule has 0 radical (unpaired) electrons. The van der Waals surface area contributed by atoms with Crippen LogP contribution < -0.4 is 11.1 Å². The topological polar surface area (TPSA) is 50.9 Å². The van der Waals surface area contributed by atoms with Gasteiger partial charge in [0.15, 0.2) is 5.11 Å². The van der Waals surface area contributed by atoms with Crippen molar-refractivity contribution in [2.24, 2.45) is 5.73 Å². The minimum absolute atomic E-state index is 0. The smallest absolute Gasteiger partial charge is 0.168 e. The van der Waals surface area contributed by atoms with Gasteiger partial charge >= 0.3 is 0 Å². The summed E-state index contributed by atoms with van der Waals surface area (Å²) in [6, 6.07) is 16.0. The molecule has 0 aliphatic heterocycles. The second-order valence-electron chi connectivity index (χ2n) is 4.04. The van der Waals surface area contributed by atoms with Gasteiger partial charge in [0.1, 0.15) is 0 Å². The molecule has 0 spiro atoms. The molecule has 0 saturated carbocycles. The van der Waals surface area contributed by atoms with Crippen LogP contribution in [0.25, 0.3) is 21.8 Å². The Morgan fingerprint density at radius 3 is 2.58 bits per heavy atom. The number of nitrogens with zero attached hydrogens (tertiary/aromatic N) is 1. The van der Waals surface area contributed by atoms with E-state index >= 15 is 0 Å². The quantitative estimate of drug-likeness (QED) is 0.444. The minimum atomic E-state index is 0. The molecule has 0 aliphatic rings. The van der Waals surface area contributed by atoms with Crippen LogP contribution in [0.2, 0.25) is 0 Å². The van der Waals surface area contributed by atoms with Gasteiger partial charge in [-0.15, -0.1) is 0 Å². The molecule has 5 heteroatoms. The van der Waals surface area contributed by atoms with Crippen molar-refractivity contribution in [3.05, 3.63) is 48.5 Å². The number of hydrogen-bond acceptors (Lipinski definition) is 2. The van der Waals surface area contributed by atoms with Gasteiger partial charge in [0.05, 0.1) is 11.0 Å². The van der Waals surface area contributed by atoms with Crippen LogP contribution in [0.1, 0.15) is 0 Å². The zero-order chi connectivity index (χ0) is 12.5. The fourth-order valence-electron chi connectivity index (χ4n) is 2.04. The predicted octanol–water partition coefficient (Wildman–Crippen LogP) is 3.04. The van der Waals surface area contributed by atoms with E-state index in [1.165, 1.54) is 0 Å². The fraction of sp³-hybridized carbons (Fsp3) is 0. The van der Waals surface area contributed by atoms with Crippen LogP contribution >= 0.6 is 12.2 Å². The van der Waals surface area contributed by atoms with Gasteiger partial charge in [-0.2, -0.15) is 0 Å². The summed E-state index contributed by atoms with van der Waals surface area (Å²) in [6.07, 6.45) is 0. The van der Waals surface area contributed by atoms with Crippen LogP contribution in [0.3, 0.4) is 0 Å². The van der Waals surface area contributed by atoms with Gasteiger partial charge in [-0.1, -0.05) is 24.3 Å². The Labute approximate surface area is 130 Å². The number of benzene rings is 2. The maximum absolute atomic E-state index is 5.53. The number of para-hydroxylation sites is 1. The molecule has 98 valence electrons. The normalized spacial score (nSPS) is 10.1. The molecule has 3 aromatic rings. The molecule has 0 aliphatic carbocycles.